The zero-order valence-electron chi connectivity index (χ0n) is 12.2. The lowest BCUT2D eigenvalue weighted by Crippen LogP contribution is -2.58. The van der Waals surface area contributed by atoms with Crippen LogP contribution in [-0.4, -0.2) is 47.7 Å². The van der Waals surface area contributed by atoms with E-state index in [2.05, 4.69) is 31.1 Å². The maximum absolute atomic E-state index is 11.6. The summed E-state index contributed by atoms with van der Waals surface area (Å²) in [4.78, 5) is 13.9. The lowest BCUT2D eigenvalue weighted by Gasteiger charge is -2.42. The van der Waals surface area contributed by atoms with Crippen LogP contribution in [0.5, 0.6) is 0 Å². The van der Waals surface area contributed by atoms with Crippen molar-refractivity contribution in [3.63, 3.8) is 0 Å². The largest absolute Gasteiger partial charge is 0.480 e. The van der Waals surface area contributed by atoms with Crippen LogP contribution in [0.1, 0.15) is 46.5 Å². The number of rotatable bonds is 6. The highest BCUT2D eigenvalue weighted by Crippen LogP contribution is 2.31. The van der Waals surface area contributed by atoms with Crippen molar-refractivity contribution in [1.82, 2.24) is 10.2 Å². The van der Waals surface area contributed by atoms with Gasteiger partial charge in [-0.2, -0.15) is 0 Å². The molecule has 18 heavy (non-hydrogen) atoms. The molecule has 1 rings (SSSR count). The Morgan fingerprint density at radius 2 is 2.22 bits per heavy atom. The molecule has 4 heteroatoms. The van der Waals surface area contributed by atoms with E-state index in [1.54, 1.807) is 0 Å². The van der Waals surface area contributed by atoms with Crippen LogP contribution >= 0.6 is 0 Å². The summed E-state index contributed by atoms with van der Waals surface area (Å²) in [6.07, 6.45) is 3.58. The third kappa shape index (κ3) is 3.69. The van der Waals surface area contributed by atoms with Crippen molar-refractivity contribution >= 4 is 5.97 Å². The van der Waals surface area contributed by atoms with Crippen LogP contribution < -0.4 is 5.32 Å². The van der Waals surface area contributed by atoms with Gasteiger partial charge in [0, 0.05) is 12.6 Å². The second-order valence-corrected chi connectivity index (χ2v) is 6.00. The minimum absolute atomic E-state index is 0.385. The minimum Gasteiger partial charge on any atom is -0.480 e. The molecule has 0 radical (unpaired) electrons. The zero-order chi connectivity index (χ0) is 13.8. The molecule has 106 valence electrons. The molecule has 0 amide bonds. The maximum Gasteiger partial charge on any atom is 0.323 e. The van der Waals surface area contributed by atoms with Crippen LogP contribution in [0, 0.1) is 5.92 Å². The van der Waals surface area contributed by atoms with Crippen molar-refractivity contribution in [2.45, 2.75) is 58.0 Å². The van der Waals surface area contributed by atoms with Gasteiger partial charge in [0.1, 0.15) is 5.54 Å². The van der Waals surface area contributed by atoms with Gasteiger partial charge < -0.3 is 15.3 Å². The van der Waals surface area contributed by atoms with Gasteiger partial charge in [-0.25, -0.2) is 0 Å². The number of aliphatic carboxylic acids is 1. The summed E-state index contributed by atoms with van der Waals surface area (Å²) in [7, 11) is 2.12. The molecule has 2 N–H and O–H groups in total. The number of hydrogen-bond acceptors (Lipinski definition) is 3. The molecule has 0 aliphatic heterocycles. The first-order valence-corrected chi connectivity index (χ1v) is 7.10. The number of nitrogens with zero attached hydrogens (tertiary/aromatic N) is 1. The van der Waals surface area contributed by atoms with E-state index in [4.69, 9.17) is 0 Å². The first-order valence-electron chi connectivity index (χ1n) is 7.10. The van der Waals surface area contributed by atoms with Crippen LogP contribution in [0.25, 0.3) is 0 Å². The molecule has 2 atom stereocenters. The summed E-state index contributed by atoms with van der Waals surface area (Å²) in [6, 6.07) is 0.385. The van der Waals surface area contributed by atoms with Crippen LogP contribution in [0.3, 0.4) is 0 Å². The lowest BCUT2D eigenvalue weighted by atomic mass is 9.78. The fraction of sp³-hybridized carbons (Fsp3) is 0.929. The first kappa shape index (κ1) is 15.4. The Morgan fingerprint density at radius 1 is 1.56 bits per heavy atom. The quantitative estimate of drug-likeness (QED) is 0.762. The Balaban J connectivity index is 2.71. The van der Waals surface area contributed by atoms with Crippen LogP contribution in [0.4, 0.5) is 0 Å². The third-order valence-electron chi connectivity index (χ3n) is 3.93. The van der Waals surface area contributed by atoms with Gasteiger partial charge in [-0.3, -0.25) is 4.79 Å². The van der Waals surface area contributed by atoms with Gasteiger partial charge in [-0.1, -0.05) is 20.8 Å². The SMILES string of the molecule is CCNC1(C(=O)O)CCCC(N(C)CC(C)C)C1. The molecule has 0 spiro atoms. The van der Waals surface area contributed by atoms with Crippen molar-refractivity contribution in [2.24, 2.45) is 5.92 Å². The van der Waals surface area contributed by atoms with E-state index < -0.39 is 11.5 Å². The van der Waals surface area contributed by atoms with Crippen LogP contribution in [0.2, 0.25) is 0 Å². The summed E-state index contributed by atoms with van der Waals surface area (Å²) < 4.78 is 0. The Kier molecular flexibility index (Phi) is 5.60. The molecule has 1 saturated carbocycles. The van der Waals surface area contributed by atoms with E-state index >= 15 is 0 Å². The smallest absolute Gasteiger partial charge is 0.323 e. The number of carbonyl (C=O) groups is 1. The van der Waals surface area contributed by atoms with Gasteiger partial charge >= 0.3 is 5.97 Å². The van der Waals surface area contributed by atoms with E-state index in [0.717, 1.165) is 32.2 Å². The fourth-order valence-electron chi connectivity index (χ4n) is 3.12. The van der Waals surface area contributed by atoms with Gasteiger partial charge in [0.15, 0.2) is 0 Å². The summed E-state index contributed by atoms with van der Waals surface area (Å²) in [6.45, 7) is 8.13. The van der Waals surface area contributed by atoms with Gasteiger partial charge in [-0.15, -0.1) is 0 Å². The fourth-order valence-corrected chi connectivity index (χ4v) is 3.12. The predicted molar refractivity (Wildman–Crippen MR) is 73.8 cm³/mol. The average Bonchev–Trinajstić information content (AvgIpc) is 2.28. The predicted octanol–water partition coefficient (Wildman–Crippen LogP) is 1.95. The Morgan fingerprint density at radius 3 is 2.72 bits per heavy atom. The highest BCUT2D eigenvalue weighted by Gasteiger charge is 2.43. The number of carboxylic acid groups (broad SMARTS) is 1. The standard InChI is InChI=1S/C14H28N2O2/c1-5-15-14(13(17)18)8-6-7-12(9-14)16(4)10-11(2)3/h11-12,15H,5-10H2,1-4H3,(H,17,18). The maximum atomic E-state index is 11.6. The molecule has 0 aromatic heterocycles. The van der Waals surface area contributed by atoms with Gasteiger partial charge in [-0.05, 0) is 45.2 Å². The highest BCUT2D eigenvalue weighted by molar-refractivity contribution is 5.79. The summed E-state index contributed by atoms with van der Waals surface area (Å²) >= 11 is 0. The zero-order valence-corrected chi connectivity index (χ0v) is 12.2. The summed E-state index contributed by atoms with van der Waals surface area (Å²) in [5.74, 6) is -0.0673. The van der Waals surface area contributed by atoms with E-state index in [1.165, 1.54) is 0 Å². The average molecular weight is 256 g/mol. The molecule has 0 aromatic carbocycles. The van der Waals surface area contributed by atoms with Crippen molar-refractivity contribution < 1.29 is 9.90 Å². The number of nitrogens with one attached hydrogen (secondary N) is 1. The van der Waals surface area contributed by atoms with Crippen molar-refractivity contribution in [1.29, 1.82) is 0 Å². The topological polar surface area (TPSA) is 52.6 Å². The van der Waals surface area contributed by atoms with Gasteiger partial charge in [0.25, 0.3) is 0 Å². The van der Waals surface area contributed by atoms with E-state index in [9.17, 15) is 9.90 Å². The van der Waals surface area contributed by atoms with E-state index in [-0.39, 0.29) is 0 Å². The molecular formula is C14H28N2O2. The van der Waals surface area contributed by atoms with E-state index in [1.807, 2.05) is 6.92 Å². The Labute approximate surface area is 111 Å². The Bertz CT molecular complexity index is 277. The normalized spacial score (nSPS) is 28.9. The van der Waals surface area contributed by atoms with Gasteiger partial charge in [0.2, 0.25) is 0 Å². The molecule has 0 heterocycles. The molecule has 1 fully saturated rings. The monoisotopic (exact) mass is 256 g/mol. The highest BCUT2D eigenvalue weighted by atomic mass is 16.4. The molecule has 2 unspecified atom stereocenters. The lowest BCUT2D eigenvalue weighted by molar-refractivity contribution is -0.147. The number of carboxylic acids is 1. The van der Waals surface area contributed by atoms with Gasteiger partial charge in [0.05, 0.1) is 0 Å². The molecule has 0 saturated heterocycles. The molecule has 0 aromatic rings. The molecular weight excluding hydrogens is 228 g/mol. The van der Waals surface area contributed by atoms with Crippen molar-refractivity contribution in [2.75, 3.05) is 20.1 Å². The van der Waals surface area contributed by atoms with Crippen molar-refractivity contribution in [3.8, 4) is 0 Å². The summed E-state index contributed by atoms with van der Waals surface area (Å²) in [5, 5.41) is 12.7. The van der Waals surface area contributed by atoms with Crippen LogP contribution in [0.15, 0.2) is 0 Å². The van der Waals surface area contributed by atoms with E-state index in [0.29, 0.717) is 18.5 Å². The first-order chi connectivity index (χ1) is 8.41. The molecule has 1 aliphatic carbocycles. The second kappa shape index (κ2) is 6.53. The Hall–Kier alpha value is -0.610. The molecule has 1 aliphatic rings. The number of likely N-dealkylation sites (N-methyl/N-ethyl adjacent to an activating group) is 1. The second-order valence-electron chi connectivity index (χ2n) is 6.00. The van der Waals surface area contributed by atoms with Crippen LogP contribution in [-0.2, 0) is 4.79 Å². The van der Waals surface area contributed by atoms with Crippen molar-refractivity contribution in [3.05, 3.63) is 0 Å². The summed E-state index contributed by atoms with van der Waals surface area (Å²) in [5.41, 5.74) is -0.705. The minimum atomic E-state index is -0.705. The molecule has 0 bridgehead atoms. The third-order valence-corrected chi connectivity index (χ3v) is 3.93. The molecule has 4 nitrogen and oxygen atoms in total. The number of hydrogen-bond donors (Lipinski definition) is 2.